The molecule has 0 aliphatic rings. The normalized spacial score (nSPS) is 11.8. The fraction of sp³-hybridized carbons (Fsp3) is 0.500. The molecule has 0 saturated carbocycles. The Bertz CT molecular complexity index is 321. The van der Waals surface area contributed by atoms with Gasteiger partial charge >= 0.3 is 0 Å². The van der Waals surface area contributed by atoms with E-state index >= 15 is 0 Å². The summed E-state index contributed by atoms with van der Waals surface area (Å²) in [6.45, 7) is 0.0461. The molecule has 0 atom stereocenters. The van der Waals surface area contributed by atoms with Crippen molar-refractivity contribution < 1.29 is 12.9 Å². The van der Waals surface area contributed by atoms with Gasteiger partial charge in [0.25, 0.3) is 0 Å². The lowest BCUT2D eigenvalue weighted by Crippen LogP contribution is -2.24. The summed E-state index contributed by atoms with van der Waals surface area (Å²) >= 11 is 2.82. The van der Waals surface area contributed by atoms with E-state index in [0.29, 0.717) is 5.82 Å². The topological polar surface area (TPSA) is 85.1 Å². The first kappa shape index (κ1) is 9.62. The number of alkyl halides is 1. The van der Waals surface area contributed by atoms with Gasteiger partial charge in [0, 0.05) is 0 Å². The third-order valence-electron chi connectivity index (χ3n) is 1.00. The Labute approximate surface area is 77.5 Å². The number of sulfonamides is 1. The van der Waals surface area contributed by atoms with Gasteiger partial charge in [-0.2, -0.15) is 4.98 Å². The molecule has 0 unspecified atom stereocenters. The zero-order chi connectivity index (χ0) is 9.03. The molecular formula is C4H6BrN3O3S. The smallest absolute Gasteiger partial charge is 0.222 e. The van der Waals surface area contributed by atoms with Gasteiger partial charge in [-0.3, -0.25) is 0 Å². The molecule has 1 aromatic heterocycles. The Morgan fingerprint density at radius 3 is 2.92 bits per heavy atom. The average molecular weight is 256 g/mol. The highest BCUT2D eigenvalue weighted by atomic mass is 79.9. The minimum atomic E-state index is -3.25. The van der Waals surface area contributed by atoms with Crippen molar-refractivity contribution in [3.05, 3.63) is 12.2 Å². The van der Waals surface area contributed by atoms with Crippen LogP contribution >= 0.6 is 15.9 Å². The van der Waals surface area contributed by atoms with Crippen LogP contribution < -0.4 is 4.72 Å². The number of nitrogens with zero attached hydrogens (tertiary/aromatic N) is 2. The predicted molar refractivity (Wildman–Crippen MR) is 43.9 cm³/mol. The first-order valence-electron chi connectivity index (χ1n) is 2.92. The van der Waals surface area contributed by atoms with E-state index in [4.69, 9.17) is 0 Å². The molecule has 0 saturated heterocycles. The third kappa shape index (κ3) is 2.88. The fourth-order valence-corrected chi connectivity index (χ4v) is 1.40. The van der Waals surface area contributed by atoms with Gasteiger partial charge in [-0.15, -0.1) is 0 Å². The lowest BCUT2D eigenvalue weighted by Gasteiger charge is -1.98. The standard InChI is InChI=1S/C4H6BrN3O3S/c5-2-12(9,10)7-1-4-6-3-11-8-4/h3,7H,1-2H2. The second kappa shape index (κ2) is 3.97. The van der Waals surface area contributed by atoms with Gasteiger partial charge in [0.15, 0.2) is 5.82 Å². The molecule has 0 radical (unpaired) electrons. The molecule has 0 bridgehead atoms. The van der Waals surface area contributed by atoms with Crippen molar-refractivity contribution in [3.63, 3.8) is 0 Å². The fourth-order valence-electron chi connectivity index (χ4n) is 0.483. The summed E-state index contributed by atoms with van der Waals surface area (Å²) in [5, 5.41) is 3.43. The lowest BCUT2D eigenvalue weighted by atomic mass is 10.6. The number of rotatable bonds is 4. The molecule has 68 valence electrons. The van der Waals surface area contributed by atoms with E-state index in [1.54, 1.807) is 0 Å². The maximum Gasteiger partial charge on any atom is 0.222 e. The minimum absolute atomic E-state index is 0.0461. The van der Waals surface area contributed by atoms with Gasteiger partial charge in [-0.05, 0) is 0 Å². The number of nitrogens with one attached hydrogen (secondary N) is 1. The van der Waals surface area contributed by atoms with Crippen LogP contribution in [0.25, 0.3) is 0 Å². The van der Waals surface area contributed by atoms with Crippen molar-refractivity contribution in [2.24, 2.45) is 0 Å². The summed E-state index contributed by atoms with van der Waals surface area (Å²) < 4.78 is 28.2. The summed E-state index contributed by atoms with van der Waals surface area (Å²) in [6, 6.07) is 0. The molecule has 0 spiro atoms. The van der Waals surface area contributed by atoms with Crippen LogP contribution in [-0.4, -0.2) is 23.2 Å². The molecular weight excluding hydrogens is 250 g/mol. The van der Waals surface area contributed by atoms with Gasteiger partial charge in [0.1, 0.15) is 4.66 Å². The predicted octanol–water partition coefficient (Wildman–Crippen LogP) is -0.159. The van der Waals surface area contributed by atoms with Crippen LogP contribution in [0.3, 0.4) is 0 Å². The van der Waals surface area contributed by atoms with E-state index < -0.39 is 10.0 Å². The minimum Gasteiger partial charge on any atom is -0.343 e. The maximum absolute atomic E-state index is 10.9. The number of halogens is 1. The number of hydrogen-bond acceptors (Lipinski definition) is 5. The zero-order valence-corrected chi connectivity index (χ0v) is 8.30. The molecule has 6 nitrogen and oxygen atoms in total. The maximum atomic E-state index is 10.9. The zero-order valence-electron chi connectivity index (χ0n) is 5.90. The van der Waals surface area contributed by atoms with E-state index in [9.17, 15) is 8.42 Å². The van der Waals surface area contributed by atoms with Crippen molar-refractivity contribution in [2.45, 2.75) is 6.54 Å². The molecule has 1 N–H and O–H groups in total. The highest BCUT2D eigenvalue weighted by Crippen LogP contribution is 1.93. The van der Waals surface area contributed by atoms with Crippen LogP contribution in [-0.2, 0) is 16.6 Å². The summed E-state index contributed by atoms with van der Waals surface area (Å²) in [7, 11) is -3.25. The van der Waals surface area contributed by atoms with E-state index in [1.807, 2.05) is 0 Å². The largest absolute Gasteiger partial charge is 0.343 e. The summed E-state index contributed by atoms with van der Waals surface area (Å²) in [4.78, 5) is 3.63. The highest BCUT2D eigenvalue weighted by Gasteiger charge is 2.08. The Hall–Kier alpha value is -0.470. The van der Waals surface area contributed by atoms with Crippen LogP contribution in [0, 0.1) is 0 Å². The molecule has 0 fully saturated rings. The SMILES string of the molecule is O=S(=O)(CBr)NCc1ncon1. The first-order valence-corrected chi connectivity index (χ1v) is 5.70. The van der Waals surface area contributed by atoms with Crippen LogP contribution in [0.5, 0.6) is 0 Å². The second-order valence-electron chi connectivity index (χ2n) is 1.89. The summed E-state index contributed by atoms with van der Waals surface area (Å²) in [5.41, 5.74) is 0. The Balaban J connectivity index is 2.47. The molecule has 1 rings (SSSR count). The second-order valence-corrected chi connectivity index (χ2v) is 5.00. The number of hydrogen-bond donors (Lipinski definition) is 1. The Kier molecular flexibility index (Phi) is 3.18. The summed E-state index contributed by atoms with van der Waals surface area (Å²) in [5.74, 6) is 0.305. The van der Waals surface area contributed by atoms with Crippen LogP contribution in [0.2, 0.25) is 0 Å². The molecule has 0 aliphatic carbocycles. The summed E-state index contributed by atoms with van der Waals surface area (Å²) in [6.07, 6.45) is 1.14. The molecule has 0 amide bonds. The van der Waals surface area contributed by atoms with Gasteiger partial charge < -0.3 is 4.52 Å². The van der Waals surface area contributed by atoms with Crippen LogP contribution in [0.15, 0.2) is 10.9 Å². The van der Waals surface area contributed by atoms with E-state index in [2.05, 4.69) is 35.3 Å². The third-order valence-corrected chi connectivity index (χ3v) is 3.68. The van der Waals surface area contributed by atoms with E-state index in [-0.39, 0.29) is 11.2 Å². The van der Waals surface area contributed by atoms with Gasteiger partial charge in [0.05, 0.1) is 6.54 Å². The van der Waals surface area contributed by atoms with Crippen LogP contribution in [0.4, 0.5) is 0 Å². The quantitative estimate of drug-likeness (QED) is 0.756. The van der Waals surface area contributed by atoms with Gasteiger partial charge in [0.2, 0.25) is 16.4 Å². The molecule has 12 heavy (non-hydrogen) atoms. The Morgan fingerprint density at radius 2 is 2.42 bits per heavy atom. The molecule has 1 heterocycles. The van der Waals surface area contributed by atoms with Crippen LogP contribution in [0.1, 0.15) is 5.82 Å². The van der Waals surface area contributed by atoms with Gasteiger partial charge in [-0.1, -0.05) is 21.1 Å². The first-order chi connectivity index (χ1) is 5.64. The van der Waals surface area contributed by atoms with Crippen molar-refractivity contribution in [1.29, 1.82) is 0 Å². The highest BCUT2D eigenvalue weighted by molar-refractivity contribution is 9.10. The molecule has 0 aromatic carbocycles. The lowest BCUT2D eigenvalue weighted by molar-refractivity contribution is 0.409. The van der Waals surface area contributed by atoms with E-state index in [0.717, 1.165) is 6.39 Å². The van der Waals surface area contributed by atoms with E-state index in [1.165, 1.54) is 0 Å². The van der Waals surface area contributed by atoms with Crippen molar-refractivity contribution in [2.75, 3.05) is 4.66 Å². The number of aromatic nitrogens is 2. The van der Waals surface area contributed by atoms with Crippen molar-refractivity contribution in [1.82, 2.24) is 14.9 Å². The molecule has 1 aromatic rings. The van der Waals surface area contributed by atoms with Crippen molar-refractivity contribution >= 4 is 26.0 Å². The average Bonchev–Trinajstić information content (AvgIpc) is 2.53. The monoisotopic (exact) mass is 255 g/mol. The molecule has 8 heteroatoms. The Morgan fingerprint density at radius 1 is 1.67 bits per heavy atom. The van der Waals surface area contributed by atoms with Gasteiger partial charge in [-0.25, -0.2) is 13.1 Å². The van der Waals surface area contributed by atoms with Crippen molar-refractivity contribution in [3.8, 4) is 0 Å². The molecule has 0 aliphatic heterocycles.